The van der Waals surface area contributed by atoms with E-state index in [4.69, 9.17) is 16.6 Å². The lowest BCUT2D eigenvalue weighted by atomic mass is 10.00. The second-order valence-electron chi connectivity index (χ2n) is 6.09. The molecular formula is C16H23ClN4. The van der Waals surface area contributed by atoms with Crippen molar-refractivity contribution in [1.82, 2.24) is 14.6 Å². The van der Waals surface area contributed by atoms with Crippen LogP contribution >= 0.6 is 11.6 Å². The van der Waals surface area contributed by atoms with Gasteiger partial charge >= 0.3 is 0 Å². The Hall–Kier alpha value is -1.29. The van der Waals surface area contributed by atoms with Gasteiger partial charge in [-0.1, -0.05) is 0 Å². The van der Waals surface area contributed by atoms with Crippen LogP contribution in [-0.2, 0) is 6.42 Å². The third kappa shape index (κ3) is 2.50. The molecule has 3 heterocycles. The minimum Gasteiger partial charge on any atom is -0.304 e. The summed E-state index contributed by atoms with van der Waals surface area (Å²) < 4.78 is 2.24. The molecule has 0 aromatic carbocycles. The maximum atomic E-state index is 5.99. The Morgan fingerprint density at radius 1 is 1.29 bits per heavy atom. The van der Waals surface area contributed by atoms with Crippen molar-refractivity contribution in [2.45, 2.75) is 58.5 Å². The number of aryl methyl sites for hydroxylation is 2. The quantitative estimate of drug-likeness (QED) is 0.815. The third-order valence-corrected chi connectivity index (χ3v) is 4.68. The van der Waals surface area contributed by atoms with Gasteiger partial charge in [-0.25, -0.2) is 14.6 Å². The van der Waals surface area contributed by atoms with Crippen molar-refractivity contribution < 1.29 is 0 Å². The molecule has 2 aromatic rings. The molecule has 3 rings (SSSR count). The standard InChI is InChI=1S/C16H23ClN4/c1-11-8-10-18-16-15(11)19-14(7-9-17)21(16)20-12(2)5-4-6-13(20)3/h8,10,12-13H,4-7,9H2,1-3H3. The van der Waals surface area contributed by atoms with Crippen LogP contribution in [0.3, 0.4) is 0 Å². The first-order valence-electron chi connectivity index (χ1n) is 7.81. The zero-order chi connectivity index (χ0) is 15.0. The number of imidazole rings is 1. The fourth-order valence-electron chi connectivity index (χ4n) is 3.42. The van der Waals surface area contributed by atoms with Gasteiger partial charge in [0.1, 0.15) is 11.3 Å². The second kappa shape index (κ2) is 5.84. The van der Waals surface area contributed by atoms with Gasteiger partial charge < -0.3 is 5.01 Å². The van der Waals surface area contributed by atoms with Gasteiger partial charge in [-0.2, -0.15) is 0 Å². The summed E-state index contributed by atoms with van der Waals surface area (Å²) in [6.07, 6.45) is 6.38. The first kappa shape index (κ1) is 14.6. The Labute approximate surface area is 131 Å². The third-order valence-electron chi connectivity index (χ3n) is 4.49. The lowest BCUT2D eigenvalue weighted by Crippen LogP contribution is -2.51. The average Bonchev–Trinajstić information content (AvgIpc) is 2.80. The number of halogens is 1. The van der Waals surface area contributed by atoms with Gasteiger partial charge in [-0.05, 0) is 51.7 Å². The van der Waals surface area contributed by atoms with E-state index in [1.54, 1.807) is 0 Å². The molecule has 0 amide bonds. The zero-order valence-corrected chi connectivity index (χ0v) is 13.8. The molecule has 1 aliphatic heterocycles. The number of hydrogen-bond acceptors (Lipinski definition) is 3. The molecule has 1 aliphatic rings. The number of piperidine rings is 1. The Morgan fingerprint density at radius 3 is 2.67 bits per heavy atom. The SMILES string of the molecule is Cc1ccnc2c1nc(CCCl)n2N1C(C)CCCC1C. The number of alkyl halides is 1. The largest absolute Gasteiger partial charge is 0.304 e. The van der Waals surface area contributed by atoms with E-state index in [1.807, 2.05) is 12.3 Å². The normalized spacial score (nSPS) is 23.0. The Bertz CT molecular complexity index is 626. The van der Waals surface area contributed by atoms with Gasteiger partial charge in [0.15, 0.2) is 5.65 Å². The predicted molar refractivity (Wildman–Crippen MR) is 87.7 cm³/mol. The second-order valence-corrected chi connectivity index (χ2v) is 6.47. The van der Waals surface area contributed by atoms with Gasteiger partial charge in [-0.15, -0.1) is 11.6 Å². The van der Waals surface area contributed by atoms with Gasteiger partial charge in [0.25, 0.3) is 0 Å². The molecule has 0 spiro atoms. The van der Waals surface area contributed by atoms with Crippen LogP contribution in [0.1, 0.15) is 44.5 Å². The lowest BCUT2D eigenvalue weighted by molar-refractivity contribution is 0.335. The maximum Gasteiger partial charge on any atom is 0.179 e. The summed E-state index contributed by atoms with van der Waals surface area (Å²) in [7, 11) is 0. The summed E-state index contributed by atoms with van der Waals surface area (Å²) in [5, 5.41) is 2.45. The summed E-state index contributed by atoms with van der Waals surface area (Å²) in [6, 6.07) is 3.03. The molecule has 114 valence electrons. The van der Waals surface area contributed by atoms with E-state index in [0.717, 1.165) is 23.4 Å². The minimum absolute atomic E-state index is 0.502. The fourth-order valence-corrected chi connectivity index (χ4v) is 3.59. The number of aromatic nitrogens is 3. The van der Waals surface area contributed by atoms with Crippen molar-refractivity contribution in [2.24, 2.45) is 0 Å². The van der Waals surface area contributed by atoms with E-state index in [-0.39, 0.29) is 0 Å². The van der Waals surface area contributed by atoms with Gasteiger partial charge in [0.05, 0.1) is 0 Å². The summed E-state index contributed by atoms with van der Waals surface area (Å²) in [6.45, 7) is 6.68. The van der Waals surface area contributed by atoms with Crippen molar-refractivity contribution in [3.8, 4) is 0 Å². The van der Waals surface area contributed by atoms with Crippen molar-refractivity contribution >= 4 is 22.8 Å². The highest BCUT2D eigenvalue weighted by Gasteiger charge is 2.29. The molecule has 2 atom stereocenters. The number of fused-ring (bicyclic) bond motifs is 1. The van der Waals surface area contributed by atoms with Gasteiger partial charge in [0, 0.05) is 30.6 Å². The fraction of sp³-hybridized carbons (Fsp3) is 0.625. The lowest BCUT2D eigenvalue weighted by Gasteiger charge is -2.41. The van der Waals surface area contributed by atoms with Crippen LogP contribution in [0, 0.1) is 6.92 Å². The first-order chi connectivity index (χ1) is 10.1. The van der Waals surface area contributed by atoms with Crippen molar-refractivity contribution in [3.05, 3.63) is 23.7 Å². The molecule has 1 saturated heterocycles. The molecule has 2 aromatic heterocycles. The Balaban J connectivity index is 2.19. The molecule has 0 bridgehead atoms. The predicted octanol–water partition coefficient (Wildman–Crippen LogP) is 3.42. The topological polar surface area (TPSA) is 34.0 Å². The van der Waals surface area contributed by atoms with E-state index in [1.165, 1.54) is 24.8 Å². The number of nitrogens with zero attached hydrogens (tertiary/aromatic N) is 4. The Kier molecular flexibility index (Phi) is 4.07. The van der Waals surface area contributed by atoms with Gasteiger partial charge in [0.2, 0.25) is 0 Å². The van der Waals surface area contributed by atoms with E-state index in [2.05, 4.69) is 35.4 Å². The van der Waals surface area contributed by atoms with Crippen molar-refractivity contribution in [1.29, 1.82) is 0 Å². The molecule has 0 aliphatic carbocycles. The summed E-state index contributed by atoms with van der Waals surface area (Å²) in [4.78, 5) is 9.43. The number of hydrogen-bond donors (Lipinski definition) is 0. The van der Waals surface area contributed by atoms with Crippen molar-refractivity contribution in [3.63, 3.8) is 0 Å². The van der Waals surface area contributed by atoms with Crippen LogP contribution in [0.15, 0.2) is 12.3 Å². The summed E-state index contributed by atoms with van der Waals surface area (Å²) in [5.74, 6) is 1.61. The Morgan fingerprint density at radius 2 is 2.00 bits per heavy atom. The van der Waals surface area contributed by atoms with Crippen LogP contribution in [0.4, 0.5) is 0 Å². The highest BCUT2D eigenvalue weighted by Crippen LogP contribution is 2.26. The molecule has 2 unspecified atom stereocenters. The van der Waals surface area contributed by atoms with Crippen LogP contribution in [-0.4, -0.2) is 32.6 Å². The molecule has 4 nitrogen and oxygen atoms in total. The molecule has 0 saturated carbocycles. The minimum atomic E-state index is 0.502. The highest BCUT2D eigenvalue weighted by atomic mass is 35.5. The molecule has 0 radical (unpaired) electrons. The molecule has 1 fully saturated rings. The first-order valence-corrected chi connectivity index (χ1v) is 8.34. The molecule has 5 heteroatoms. The van der Waals surface area contributed by atoms with Crippen molar-refractivity contribution in [2.75, 3.05) is 10.9 Å². The average molecular weight is 307 g/mol. The van der Waals surface area contributed by atoms with Crippen LogP contribution in [0.25, 0.3) is 11.2 Å². The summed E-state index contributed by atoms with van der Waals surface area (Å²) >= 11 is 5.99. The van der Waals surface area contributed by atoms with Crippen LogP contribution in [0.5, 0.6) is 0 Å². The van der Waals surface area contributed by atoms with Gasteiger partial charge in [-0.3, -0.25) is 0 Å². The zero-order valence-electron chi connectivity index (χ0n) is 13.0. The molecule has 21 heavy (non-hydrogen) atoms. The summed E-state index contributed by atoms with van der Waals surface area (Å²) in [5.41, 5.74) is 3.14. The van der Waals surface area contributed by atoms with E-state index in [9.17, 15) is 0 Å². The molecular weight excluding hydrogens is 284 g/mol. The van der Waals surface area contributed by atoms with Crippen LogP contribution in [0.2, 0.25) is 0 Å². The smallest absolute Gasteiger partial charge is 0.179 e. The van der Waals surface area contributed by atoms with E-state index >= 15 is 0 Å². The van der Waals surface area contributed by atoms with E-state index < -0.39 is 0 Å². The molecule has 0 N–H and O–H groups in total. The number of pyridine rings is 1. The monoisotopic (exact) mass is 306 g/mol. The van der Waals surface area contributed by atoms with Crippen LogP contribution < -0.4 is 5.01 Å². The van der Waals surface area contributed by atoms with E-state index in [0.29, 0.717) is 18.0 Å². The highest BCUT2D eigenvalue weighted by molar-refractivity contribution is 6.17. The number of rotatable bonds is 3. The maximum absolute atomic E-state index is 5.99.